The molecule has 0 N–H and O–H groups in total. The lowest BCUT2D eigenvalue weighted by atomic mass is 10.1. The van der Waals surface area contributed by atoms with Crippen molar-refractivity contribution in [3.8, 4) is 0 Å². The molecule has 0 saturated heterocycles. The predicted octanol–water partition coefficient (Wildman–Crippen LogP) is 3.65. The van der Waals surface area contributed by atoms with Gasteiger partial charge in [-0.1, -0.05) is 0 Å². The fraction of sp³-hybridized carbons (Fsp3) is 0.0714. The first-order chi connectivity index (χ1) is 8.83. The molecule has 0 bridgehead atoms. The molecular formula is C14H11N3S. The van der Waals surface area contributed by atoms with E-state index in [2.05, 4.69) is 32.5 Å². The molecule has 3 aromatic heterocycles. The van der Waals surface area contributed by atoms with Crippen LogP contribution in [0.2, 0.25) is 0 Å². The number of rotatable bonds is 2. The second-order valence-corrected chi connectivity index (χ2v) is 4.94. The van der Waals surface area contributed by atoms with Crippen LogP contribution >= 0.6 is 11.3 Å². The van der Waals surface area contributed by atoms with E-state index in [9.17, 15) is 0 Å². The van der Waals surface area contributed by atoms with Gasteiger partial charge in [-0.3, -0.25) is 15.0 Å². The van der Waals surface area contributed by atoms with Crippen molar-refractivity contribution in [2.45, 2.75) is 6.92 Å². The zero-order chi connectivity index (χ0) is 12.4. The lowest BCUT2D eigenvalue weighted by Crippen LogP contribution is -1.86. The standard InChI is InChI=1S/C14H11N3S/c1-10(13-9-15-3-4-16-13)6-11-7-14-12(17-8-11)2-5-18-14/h2-9H,1H3/b10-6-. The van der Waals surface area contributed by atoms with Gasteiger partial charge in [0.15, 0.2) is 0 Å². The normalized spacial score (nSPS) is 11.9. The van der Waals surface area contributed by atoms with Crippen LogP contribution in [0.4, 0.5) is 0 Å². The van der Waals surface area contributed by atoms with E-state index in [1.54, 1.807) is 29.9 Å². The van der Waals surface area contributed by atoms with Crippen molar-refractivity contribution in [3.63, 3.8) is 0 Å². The summed E-state index contributed by atoms with van der Waals surface area (Å²) >= 11 is 1.70. The first-order valence-electron chi connectivity index (χ1n) is 5.61. The molecule has 3 heterocycles. The molecule has 88 valence electrons. The lowest BCUT2D eigenvalue weighted by molar-refractivity contribution is 1.17. The number of fused-ring (bicyclic) bond motifs is 1. The third kappa shape index (κ3) is 2.15. The smallest absolute Gasteiger partial charge is 0.0842 e. The summed E-state index contributed by atoms with van der Waals surface area (Å²) < 4.78 is 1.20. The molecule has 0 radical (unpaired) electrons. The highest BCUT2D eigenvalue weighted by Crippen LogP contribution is 2.22. The summed E-state index contributed by atoms with van der Waals surface area (Å²) in [6, 6.07) is 4.18. The molecule has 0 spiro atoms. The Morgan fingerprint density at radius 2 is 2.17 bits per heavy atom. The van der Waals surface area contributed by atoms with Crippen molar-refractivity contribution in [2.75, 3.05) is 0 Å². The van der Waals surface area contributed by atoms with Gasteiger partial charge in [0.2, 0.25) is 0 Å². The molecule has 18 heavy (non-hydrogen) atoms. The van der Waals surface area contributed by atoms with Crippen LogP contribution in [0.15, 0.2) is 42.3 Å². The average molecular weight is 253 g/mol. The van der Waals surface area contributed by atoms with Gasteiger partial charge in [-0.25, -0.2) is 0 Å². The van der Waals surface area contributed by atoms with Gasteiger partial charge in [0.25, 0.3) is 0 Å². The van der Waals surface area contributed by atoms with E-state index in [4.69, 9.17) is 0 Å². The van der Waals surface area contributed by atoms with Crippen molar-refractivity contribution < 1.29 is 0 Å². The Labute approximate surface area is 109 Å². The number of thiophene rings is 1. The van der Waals surface area contributed by atoms with Gasteiger partial charge >= 0.3 is 0 Å². The van der Waals surface area contributed by atoms with Crippen LogP contribution in [0.25, 0.3) is 21.9 Å². The van der Waals surface area contributed by atoms with Crippen molar-refractivity contribution in [3.05, 3.63) is 53.6 Å². The summed E-state index contributed by atoms with van der Waals surface area (Å²) in [5, 5.41) is 2.06. The molecule has 0 aliphatic heterocycles. The number of allylic oxidation sites excluding steroid dienone is 1. The Balaban J connectivity index is 2.00. The quantitative estimate of drug-likeness (QED) is 0.699. The Hall–Kier alpha value is -2.07. The van der Waals surface area contributed by atoms with Crippen LogP contribution in [-0.2, 0) is 0 Å². The summed E-state index contributed by atoms with van der Waals surface area (Å²) in [4.78, 5) is 12.8. The van der Waals surface area contributed by atoms with Crippen molar-refractivity contribution >= 4 is 33.2 Å². The molecule has 4 heteroatoms. The topological polar surface area (TPSA) is 38.7 Å². The van der Waals surface area contributed by atoms with E-state index < -0.39 is 0 Å². The maximum absolute atomic E-state index is 4.42. The van der Waals surface area contributed by atoms with Gasteiger partial charge in [-0.2, -0.15) is 0 Å². The molecule has 0 aliphatic carbocycles. The van der Waals surface area contributed by atoms with E-state index in [0.717, 1.165) is 22.3 Å². The molecule has 0 amide bonds. The second kappa shape index (κ2) is 4.66. The van der Waals surface area contributed by atoms with Crippen LogP contribution < -0.4 is 0 Å². The van der Waals surface area contributed by atoms with Crippen LogP contribution in [0.1, 0.15) is 18.2 Å². The van der Waals surface area contributed by atoms with Crippen molar-refractivity contribution in [2.24, 2.45) is 0 Å². The number of hydrogen-bond donors (Lipinski definition) is 0. The molecule has 3 rings (SSSR count). The molecule has 3 aromatic rings. The van der Waals surface area contributed by atoms with Crippen molar-refractivity contribution in [1.29, 1.82) is 0 Å². The zero-order valence-electron chi connectivity index (χ0n) is 9.87. The summed E-state index contributed by atoms with van der Waals surface area (Å²) in [6.07, 6.45) is 9.11. The fourth-order valence-corrected chi connectivity index (χ4v) is 2.56. The van der Waals surface area contributed by atoms with Crippen LogP contribution in [-0.4, -0.2) is 15.0 Å². The van der Waals surface area contributed by atoms with E-state index in [1.807, 2.05) is 19.2 Å². The third-order valence-electron chi connectivity index (χ3n) is 2.67. The SMILES string of the molecule is C/C(=C/c1cnc2ccsc2c1)c1cnccn1. The lowest BCUT2D eigenvalue weighted by Gasteiger charge is -2.00. The zero-order valence-corrected chi connectivity index (χ0v) is 10.7. The highest BCUT2D eigenvalue weighted by Gasteiger charge is 2.00. The number of aromatic nitrogens is 3. The monoisotopic (exact) mass is 253 g/mol. The Bertz CT molecular complexity index is 701. The minimum absolute atomic E-state index is 0.892. The number of pyridine rings is 1. The average Bonchev–Trinajstić information content (AvgIpc) is 2.87. The third-order valence-corrected chi connectivity index (χ3v) is 3.53. The van der Waals surface area contributed by atoms with Gasteiger partial charge in [-0.15, -0.1) is 11.3 Å². The minimum Gasteiger partial charge on any atom is -0.261 e. The number of nitrogens with zero attached hydrogens (tertiary/aromatic N) is 3. The Kier molecular flexibility index (Phi) is 2.86. The van der Waals surface area contributed by atoms with Gasteiger partial charge in [0, 0.05) is 18.6 Å². The van der Waals surface area contributed by atoms with Crippen molar-refractivity contribution in [1.82, 2.24) is 15.0 Å². The molecule has 0 atom stereocenters. The Morgan fingerprint density at radius 3 is 3.00 bits per heavy atom. The molecule has 0 fully saturated rings. The molecule has 0 saturated carbocycles. The second-order valence-electron chi connectivity index (χ2n) is 3.99. The van der Waals surface area contributed by atoms with Gasteiger partial charge in [-0.05, 0) is 41.6 Å². The van der Waals surface area contributed by atoms with Crippen LogP contribution in [0.5, 0.6) is 0 Å². The van der Waals surface area contributed by atoms with E-state index >= 15 is 0 Å². The van der Waals surface area contributed by atoms with E-state index in [0.29, 0.717) is 0 Å². The fourth-order valence-electron chi connectivity index (χ4n) is 1.77. The summed E-state index contributed by atoms with van der Waals surface area (Å²) in [6.45, 7) is 2.03. The van der Waals surface area contributed by atoms with Crippen LogP contribution in [0, 0.1) is 0 Å². The minimum atomic E-state index is 0.892. The maximum atomic E-state index is 4.42. The molecule has 3 nitrogen and oxygen atoms in total. The highest BCUT2D eigenvalue weighted by molar-refractivity contribution is 7.17. The summed E-state index contributed by atoms with van der Waals surface area (Å²) in [5.41, 5.74) is 4.12. The number of hydrogen-bond acceptors (Lipinski definition) is 4. The predicted molar refractivity (Wildman–Crippen MR) is 75.2 cm³/mol. The maximum Gasteiger partial charge on any atom is 0.0842 e. The largest absolute Gasteiger partial charge is 0.261 e. The Morgan fingerprint density at radius 1 is 1.22 bits per heavy atom. The molecular weight excluding hydrogens is 242 g/mol. The molecule has 0 aliphatic rings. The molecule has 0 unspecified atom stereocenters. The van der Waals surface area contributed by atoms with Crippen LogP contribution in [0.3, 0.4) is 0 Å². The summed E-state index contributed by atoms with van der Waals surface area (Å²) in [5.74, 6) is 0. The van der Waals surface area contributed by atoms with E-state index in [1.165, 1.54) is 4.70 Å². The first-order valence-corrected chi connectivity index (χ1v) is 6.49. The highest BCUT2D eigenvalue weighted by atomic mass is 32.1. The van der Waals surface area contributed by atoms with Gasteiger partial charge in [0.05, 0.1) is 22.1 Å². The van der Waals surface area contributed by atoms with E-state index in [-0.39, 0.29) is 0 Å². The summed E-state index contributed by atoms with van der Waals surface area (Å²) in [7, 11) is 0. The molecule has 0 aromatic carbocycles. The van der Waals surface area contributed by atoms with Gasteiger partial charge in [0.1, 0.15) is 0 Å². The van der Waals surface area contributed by atoms with Gasteiger partial charge < -0.3 is 0 Å². The first kappa shape index (κ1) is 11.0.